The molecular formula is C27H41NO3. The summed E-state index contributed by atoms with van der Waals surface area (Å²) in [5.41, 5.74) is 1.04. The van der Waals surface area contributed by atoms with Crippen LogP contribution in [-0.2, 0) is 9.53 Å². The van der Waals surface area contributed by atoms with Crippen LogP contribution in [0.25, 0.3) is 0 Å². The first-order valence-electron chi connectivity index (χ1n) is 12.7. The Balaban J connectivity index is 1.52. The van der Waals surface area contributed by atoms with Crippen molar-refractivity contribution in [3.05, 3.63) is 23.8 Å². The third-order valence-corrected chi connectivity index (χ3v) is 9.76. The molecule has 4 aliphatic rings. The Bertz CT molecular complexity index is 785. The van der Waals surface area contributed by atoms with Gasteiger partial charge in [0.25, 0.3) is 0 Å². The van der Waals surface area contributed by atoms with Crippen LogP contribution >= 0.6 is 0 Å². The second kappa shape index (κ2) is 8.41. The third-order valence-electron chi connectivity index (χ3n) is 9.76. The summed E-state index contributed by atoms with van der Waals surface area (Å²) in [6.45, 7) is 9.83. The number of nitrogens with one attached hydrogen (secondary N) is 1. The van der Waals surface area contributed by atoms with Crippen LogP contribution in [0.3, 0.4) is 0 Å². The fraction of sp³-hybridized carbons (Fsp3) is 0.778. The van der Waals surface area contributed by atoms with Crippen LogP contribution < -0.4 is 5.32 Å². The van der Waals surface area contributed by atoms with Gasteiger partial charge in [0.05, 0.1) is 0 Å². The fourth-order valence-corrected chi connectivity index (χ4v) is 7.89. The van der Waals surface area contributed by atoms with Crippen molar-refractivity contribution in [3.8, 4) is 0 Å². The Kier molecular flexibility index (Phi) is 6.13. The zero-order chi connectivity index (χ0) is 22.3. The molecule has 0 heterocycles. The number of carbonyl (C=O) groups is 2. The number of rotatable bonds is 6. The highest BCUT2D eigenvalue weighted by Gasteiger charge is 2.65. The SMILES string of the molecule is CCCCCNC(=O)O[C@]1(CC)CC[C@H]2[C@@H]3CCC4=CC(=O)C=C[C@]4(C)[C@H]3CC[C@@]21C. The molecule has 4 aliphatic carbocycles. The summed E-state index contributed by atoms with van der Waals surface area (Å²) in [4.78, 5) is 24.7. The average Bonchev–Trinajstić information content (AvgIpc) is 3.04. The van der Waals surface area contributed by atoms with Crippen LogP contribution in [0.2, 0.25) is 0 Å². The quantitative estimate of drug-likeness (QED) is 0.502. The molecule has 4 heteroatoms. The van der Waals surface area contributed by atoms with Crippen molar-refractivity contribution >= 4 is 11.9 Å². The number of carbonyl (C=O) groups excluding carboxylic acids is 2. The first-order valence-corrected chi connectivity index (χ1v) is 12.7. The monoisotopic (exact) mass is 427 g/mol. The van der Waals surface area contributed by atoms with Crippen LogP contribution in [0, 0.1) is 28.6 Å². The normalized spacial score (nSPS) is 41.1. The van der Waals surface area contributed by atoms with Gasteiger partial charge in [-0.25, -0.2) is 4.79 Å². The van der Waals surface area contributed by atoms with Gasteiger partial charge < -0.3 is 10.1 Å². The number of hydrogen-bond donors (Lipinski definition) is 1. The van der Waals surface area contributed by atoms with E-state index in [0.717, 1.165) is 64.2 Å². The summed E-state index contributed by atoms with van der Waals surface area (Å²) in [5, 5.41) is 3.01. The molecule has 1 N–H and O–H groups in total. The molecule has 0 aromatic rings. The standard InChI is InChI=1S/C27H41NO3/c1-5-7-8-17-28-24(30)31-27(6-2)16-13-23-21-10-9-19-18-20(29)11-14-25(19,3)22(21)12-15-26(23,27)4/h11,14,18,21-23H,5-10,12-13,15-17H2,1-4H3,(H,28,30)/t21-,22+,23+,25+,26+,27-/m1/s1. The third kappa shape index (κ3) is 3.58. The molecule has 4 rings (SSSR count). The minimum atomic E-state index is -0.354. The van der Waals surface area contributed by atoms with Crippen molar-refractivity contribution in [1.82, 2.24) is 5.32 Å². The van der Waals surface area contributed by atoms with E-state index in [1.807, 2.05) is 6.08 Å². The first-order chi connectivity index (χ1) is 14.8. The molecule has 0 bridgehead atoms. The Morgan fingerprint density at radius 3 is 2.65 bits per heavy atom. The van der Waals surface area contributed by atoms with Crippen molar-refractivity contribution in [1.29, 1.82) is 0 Å². The lowest BCUT2D eigenvalue weighted by Gasteiger charge is -2.58. The molecule has 0 aromatic heterocycles. The molecule has 0 aliphatic heterocycles. The number of fused-ring (bicyclic) bond motifs is 5. The van der Waals surface area contributed by atoms with E-state index in [4.69, 9.17) is 4.74 Å². The van der Waals surface area contributed by atoms with Gasteiger partial charge in [-0.05, 0) is 81.3 Å². The molecule has 0 aromatic carbocycles. The Morgan fingerprint density at radius 2 is 1.90 bits per heavy atom. The second-order valence-electron chi connectivity index (χ2n) is 11.0. The van der Waals surface area contributed by atoms with Crippen molar-refractivity contribution in [3.63, 3.8) is 0 Å². The summed E-state index contributed by atoms with van der Waals surface area (Å²) < 4.78 is 6.31. The lowest BCUT2D eigenvalue weighted by Crippen LogP contribution is -2.56. The highest BCUT2D eigenvalue weighted by atomic mass is 16.6. The van der Waals surface area contributed by atoms with E-state index in [1.54, 1.807) is 6.08 Å². The van der Waals surface area contributed by atoms with Crippen molar-refractivity contribution in [2.75, 3.05) is 6.54 Å². The molecule has 172 valence electrons. The Morgan fingerprint density at radius 1 is 1.13 bits per heavy atom. The second-order valence-corrected chi connectivity index (χ2v) is 11.0. The van der Waals surface area contributed by atoms with Crippen LogP contribution in [0.5, 0.6) is 0 Å². The van der Waals surface area contributed by atoms with E-state index in [9.17, 15) is 9.59 Å². The minimum absolute atomic E-state index is 0.0210. The van der Waals surface area contributed by atoms with Gasteiger partial charge in [-0.2, -0.15) is 0 Å². The molecule has 0 unspecified atom stereocenters. The summed E-state index contributed by atoms with van der Waals surface area (Å²) >= 11 is 0. The Hall–Kier alpha value is -1.58. The zero-order valence-corrected chi connectivity index (χ0v) is 20.0. The van der Waals surface area contributed by atoms with Crippen molar-refractivity contribution < 1.29 is 14.3 Å². The van der Waals surface area contributed by atoms with Crippen LogP contribution in [-0.4, -0.2) is 24.0 Å². The predicted octanol–water partition coefficient (Wildman–Crippen LogP) is 6.36. The fourth-order valence-electron chi connectivity index (χ4n) is 7.89. The summed E-state index contributed by atoms with van der Waals surface area (Å²) in [5.74, 6) is 1.97. The largest absolute Gasteiger partial charge is 0.442 e. The molecule has 0 spiro atoms. The van der Waals surface area contributed by atoms with Crippen LogP contribution in [0.15, 0.2) is 23.8 Å². The minimum Gasteiger partial charge on any atom is -0.442 e. The molecule has 6 atom stereocenters. The van der Waals surface area contributed by atoms with E-state index >= 15 is 0 Å². The van der Waals surface area contributed by atoms with Gasteiger partial charge in [-0.1, -0.05) is 52.2 Å². The number of allylic oxidation sites excluding steroid dienone is 4. The zero-order valence-electron chi connectivity index (χ0n) is 20.0. The average molecular weight is 428 g/mol. The molecule has 31 heavy (non-hydrogen) atoms. The van der Waals surface area contributed by atoms with Gasteiger partial charge >= 0.3 is 6.09 Å². The lowest BCUT2D eigenvalue weighted by atomic mass is 9.47. The molecule has 3 saturated carbocycles. The highest BCUT2D eigenvalue weighted by Crippen LogP contribution is 2.68. The van der Waals surface area contributed by atoms with Gasteiger partial charge in [0.2, 0.25) is 0 Å². The van der Waals surface area contributed by atoms with Crippen LogP contribution in [0.4, 0.5) is 4.79 Å². The molecule has 0 saturated heterocycles. The predicted molar refractivity (Wildman–Crippen MR) is 124 cm³/mol. The lowest BCUT2D eigenvalue weighted by molar-refractivity contribution is -0.126. The van der Waals surface area contributed by atoms with E-state index < -0.39 is 0 Å². The van der Waals surface area contributed by atoms with E-state index in [1.165, 1.54) is 5.57 Å². The number of ether oxygens (including phenoxy) is 1. The number of alkyl carbamates (subject to hydrolysis) is 1. The summed E-state index contributed by atoms with van der Waals surface area (Å²) in [7, 11) is 0. The Labute approximate surface area is 188 Å². The van der Waals surface area contributed by atoms with Gasteiger partial charge in [0, 0.05) is 17.4 Å². The maximum atomic E-state index is 12.7. The highest BCUT2D eigenvalue weighted by molar-refractivity contribution is 6.01. The van der Waals surface area contributed by atoms with E-state index in [-0.39, 0.29) is 28.3 Å². The van der Waals surface area contributed by atoms with Crippen LogP contribution in [0.1, 0.15) is 91.9 Å². The molecular weight excluding hydrogens is 386 g/mol. The van der Waals surface area contributed by atoms with E-state index in [0.29, 0.717) is 24.3 Å². The maximum Gasteiger partial charge on any atom is 0.407 e. The van der Waals surface area contributed by atoms with E-state index in [2.05, 4.69) is 39.1 Å². The molecule has 0 radical (unpaired) electrons. The molecule has 3 fully saturated rings. The number of amides is 1. The van der Waals surface area contributed by atoms with Gasteiger partial charge in [0.15, 0.2) is 5.78 Å². The van der Waals surface area contributed by atoms with Gasteiger partial charge in [-0.3, -0.25) is 4.79 Å². The smallest absolute Gasteiger partial charge is 0.407 e. The number of ketones is 1. The topological polar surface area (TPSA) is 55.4 Å². The number of hydrogen-bond acceptors (Lipinski definition) is 3. The van der Waals surface area contributed by atoms with Gasteiger partial charge in [0.1, 0.15) is 5.60 Å². The summed E-state index contributed by atoms with van der Waals surface area (Å²) in [6, 6.07) is 0. The molecule has 4 nitrogen and oxygen atoms in total. The molecule has 1 amide bonds. The first kappa shape index (κ1) is 22.6. The van der Waals surface area contributed by atoms with Gasteiger partial charge in [-0.15, -0.1) is 0 Å². The van der Waals surface area contributed by atoms with Crippen molar-refractivity contribution in [2.45, 2.75) is 97.5 Å². The van der Waals surface area contributed by atoms with Crippen molar-refractivity contribution in [2.24, 2.45) is 28.6 Å². The number of unbranched alkanes of at least 4 members (excludes halogenated alkanes) is 2. The summed E-state index contributed by atoms with van der Waals surface area (Å²) in [6.07, 6.45) is 16.4. The maximum absolute atomic E-state index is 12.7.